The summed E-state index contributed by atoms with van der Waals surface area (Å²) < 4.78 is 33.7. The first kappa shape index (κ1) is 22.7. The maximum Gasteiger partial charge on any atom is 0.387 e. The molecular formula is C21H20F2N2O5. The summed E-state index contributed by atoms with van der Waals surface area (Å²) in [5, 5.41) is 9.10. The summed E-state index contributed by atoms with van der Waals surface area (Å²) in [7, 11) is 0. The molecule has 0 unspecified atom stereocenters. The second-order valence-electron chi connectivity index (χ2n) is 6.57. The summed E-state index contributed by atoms with van der Waals surface area (Å²) in [6.07, 6.45) is -0.910. The normalized spacial score (nSPS) is 11.6. The highest BCUT2D eigenvalue weighted by atomic mass is 19.3. The molecule has 0 aliphatic rings. The second-order valence-corrected chi connectivity index (χ2v) is 6.57. The number of nitriles is 1. The van der Waals surface area contributed by atoms with E-state index in [4.69, 9.17) is 10.00 Å². The molecule has 1 atom stereocenters. The lowest BCUT2D eigenvalue weighted by Crippen LogP contribution is -2.25. The first-order chi connectivity index (χ1) is 14.1. The number of pyridine rings is 1. The number of alkyl halides is 2. The van der Waals surface area contributed by atoms with Crippen molar-refractivity contribution in [2.24, 2.45) is 0 Å². The number of hydrogen-bond acceptors (Lipinski definition) is 6. The molecule has 1 heterocycles. The highest BCUT2D eigenvalue weighted by Gasteiger charge is 2.21. The summed E-state index contributed by atoms with van der Waals surface area (Å²) >= 11 is 0. The van der Waals surface area contributed by atoms with Crippen molar-refractivity contribution in [2.45, 2.75) is 46.3 Å². The third-order valence-corrected chi connectivity index (χ3v) is 4.54. The number of carbonyl (C=O) groups excluding carboxylic acids is 2. The fourth-order valence-electron chi connectivity index (χ4n) is 2.99. The molecule has 0 bridgehead atoms. The van der Waals surface area contributed by atoms with Crippen molar-refractivity contribution >= 4 is 11.8 Å². The molecule has 0 radical (unpaired) electrons. The molecule has 0 aliphatic heterocycles. The van der Waals surface area contributed by atoms with Gasteiger partial charge >= 0.3 is 12.6 Å². The zero-order valence-electron chi connectivity index (χ0n) is 16.6. The fraction of sp³-hybridized carbons (Fsp3) is 0.333. The van der Waals surface area contributed by atoms with Crippen molar-refractivity contribution < 1.29 is 27.8 Å². The number of Topliss-reactive ketones (excluding diaryl/α,β-unsaturated/α-hetero) is 1. The minimum atomic E-state index is -2.97. The topological polar surface area (TPSA) is 109 Å². The van der Waals surface area contributed by atoms with Gasteiger partial charge in [0.05, 0.1) is 0 Å². The van der Waals surface area contributed by atoms with E-state index in [1.54, 1.807) is 13.8 Å². The van der Waals surface area contributed by atoms with Crippen LogP contribution < -0.4 is 10.3 Å². The van der Waals surface area contributed by atoms with Crippen LogP contribution in [0.5, 0.6) is 5.75 Å². The van der Waals surface area contributed by atoms with Crippen LogP contribution in [0.4, 0.5) is 8.78 Å². The Labute approximate surface area is 171 Å². The summed E-state index contributed by atoms with van der Waals surface area (Å²) in [6.45, 7) is 1.75. The van der Waals surface area contributed by atoms with Crippen LogP contribution in [0, 0.1) is 25.2 Å². The molecule has 0 fully saturated rings. The summed E-state index contributed by atoms with van der Waals surface area (Å²) in [6, 6.07) is 6.91. The number of aromatic amines is 1. The van der Waals surface area contributed by atoms with Gasteiger partial charge in [-0.15, -0.1) is 0 Å². The van der Waals surface area contributed by atoms with Gasteiger partial charge in [-0.25, -0.2) is 0 Å². The van der Waals surface area contributed by atoms with Crippen molar-refractivity contribution in [1.29, 1.82) is 5.26 Å². The van der Waals surface area contributed by atoms with Gasteiger partial charge in [-0.1, -0.05) is 0 Å². The number of hydrogen-bond donors (Lipinski definition) is 1. The van der Waals surface area contributed by atoms with Gasteiger partial charge in [-0.3, -0.25) is 14.4 Å². The molecule has 0 amide bonds. The molecule has 0 spiro atoms. The van der Waals surface area contributed by atoms with E-state index in [9.17, 15) is 23.2 Å². The Hall–Kier alpha value is -3.54. The lowest BCUT2D eigenvalue weighted by atomic mass is 9.99. The van der Waals surface area contributed by atoms with E-state index >= 15 is 0 Å². The molecule has 1 aromatic carbocycles. The third-order valence-electron chi connectivity index (χ3n) is 4.54. The van der Waals surface area contributed by atoms with Gasteiger partial charge in [0, 0.05) is 17.7 Å². The average Bonchev–Trinajstić information content (AvgIpc) is 2.67. The molecule has 1 aromatic heterocycles. The first-order valence-corrected chi connectivity index (χ1v) is 9.05. The molecule has 0 aliphatic carbocycles. The molecule has 1 N–H and O–H groups in total. The van der Waals surface area contributed by atoms with Crippen molar-refractivity contribution in [1.82, 2.24) is 4.98 Å². The van der Waals surface area contributed by atoms with E-state index in [2.05, 4.69) is 9.72 Å². The fourth-order valence-corrected chi connectivity index (χ4v) is 2.99. The number of aromatic nitrogens is 1. The number of esters is 1. The lowest BCUT2D eigenvalue weighted by Gasteiger charge is -2.14. The summed E-state index contributed by atoms with van der Waals surface area (Å²) in [5.74, 6) is -1.21. The molecule has 9 heteroatoms. The van der Waals surface area contributed by atoms with E-state index in [-0.39, 0.29) is 29.7 Å². The molecule has 158 valence electrons. The number of ketones is 1. The van der Waals surface area contributed by atoms with E-state index in [0.717, 1.165) is 0 Å². The Kier molecular flexibility index (Phi) is 7.42. The van der Waals surface area contributed by atoms with Gasteiger partial charge in [0.15, 0.2) is 6.10 Å². The van der Waals surface area contributed by atoms with Gasteiger partial charge in [-0.2, -0.15) is 14.0 Å². The highest BCUT2D eigenvalue weighted by molar-refractivity contribution is 6.00. The van der Waals surface area contributed by atoms with Gasteiger partial charge in [0.1, 0.15) is 17.4 Å². The molecule has 7 nitrogen and oxygen atoms in total. The number of nitrogens with one attached hydrogen (secondary N) is 1. The monoisotopic (exact) mass is 418 g/mol. The van der Waals surface area contributed by atoms with Crippen LogP contribution in [-0.2, 0) is 16.0 Å². The molecular weight excluding hydrogens is 398 g/mol. The number of nitrogens with zero attached hydrogens (tertiary/aromatic N) is 1. The number of benzene rings is 1. The number of H-pyrrole nitrogens is 1. The summed E-state index contributed by atoms with van der Waals surface area (Å²) in [4.78, 5) is 38.9. The Morgan fingerprint density at radius 3 is 2.40 bits per heavy atom. The summed E-state index contributed by atoms with van der Waals surface area (Å²) in [5.41, 5.74) is 1.41. The maximum absolute atomic E-state index is 12.4. The van der Waals surface area contributed by atoms with E-state index in [0.29, 0.717) is 16.8 Å². The van der Waals surface area contributed by atoms with Crippen LogP contribution in [0.2, 0.25) is 0 Å². The number of aryl methyl sites for hydroxylation is 1. The van der Waals surface area contributed by atoms with Crippen LogP contribution in [0.3, 0.4) is 0 Å². The molecule has 30 heavy (non-hydrogen) atoms. The molecule has 0 saturated heterocycles. The Morgan fingerprint density at radius 1 is 1.20 bits per heavy atom. The quantitative estimate of drug-likeness (QED) is 0.521. The number of halogens is 2. The van der Waals surface area contributed by atoms with Crippen LogP contribution in [0.25, 0.3) is 0 Å². The SMILES string of the molecule is Cc1[nH]c(=O)c(C#N)c(C)c1CCC(=O)O[C@H](C)C(=O)c1ccc(OC(F)F)cc1. The smallest absolute Gasteiger partial charge is 0.387 e. The van der Waals surface area contributed by atoms with E-state index in [1.165, 1.54) is 31.2 Å². The minimum Gasteiger partial charge on any atom is -0.454 e. The highest BCUT2D eigenvalue weighted by Crippen LogP contribution is 2.18. The minimum absolute atomic E-state index is 0.00761. The first-order valence-electron chi connectivity index (χ1n) is 9.05. The molecule has 2 aromatic rings. The number of carbonyl (C=O) groups is 2. The van der Waals surface area contributed by atoms with E-state index < -0.39 is 30.0 Å². The van der Waals surface area contributed by atoms with Crippen LogP contribution >= 0.6 is 0 Å². The zero-order chi connectivity index (χ0) is 22.4. The zero-order valence-corrected chi connectivity index (χ0v) is 16.6. The standard InChI is InChI=1S/C21H20F2N2O5/c1-11-16(12(2)25-20(28)17(11)10-24)8-9-18(26)29-13(3)19(27)14-4-6-15(7-5-14)30-21(22)23/h4-7,13,21H,8-9H2,1-3H3,(H,25,28)/t13-/m1/s1. The van der Waals surface area contributed by atoms with E-state index in [1.807, 2.05) is 6.07 Å². The van der Waals surface area contributed by atoms with Crippen molar-refractivity contribution in [3.8, 4) is 11.8 Å². The second kappa shape index (κ2) is 9.78. The van der Waals surface area contributed by atoms with Crippen molar-refractivity contribution in [3.05, 3.63) is 62.6 Å². The van der Waals surface area contributed by atoms with Gasteiger partial charge < -0.3 is 14.5 Å². The van der Waals surface area contributed by atoms with Crippen LogP contribution in [0.1, 0.15) is 46.1 Å². The lowest BCUT2D eigenvalue weighted by molar-refractivity contribution is -0.146. The van der Waals surface area contributed by atoms with Crippen LogP contribution in [0.15, 0.2) is 29.1 Å². The molecule has 0 saturated carbocycles. The van der Waals surface area contributed by atoms with Gasteiger partial charge in [0.2, 0.25) is 5.78 Å². The predicted molar refractivity (Wildman–Crippen MR) is 103 cm³/mol. The largest absolute Gasteiger partial charge is 0.454 e. The number of rotatable bonds is 8. The molecule has 2 rings (SSSR count). The maximum atomic E-state index is 12.4. The van der Waals surface area contributed by atoms with Gasteiger partial charge in [-0.05, 0) is 62.6 Å². The van der Waals surface area contributed by atoms with Crippen molar-refractivity contribution in [3.63, 3.8) is 0 Å². The van der Waals surface area contributed by atoms with Crippen LogP contribution in [-0.4, -0.2) is 29.5 Å². The Morgan fingerprint density at radius 2 is 1.83 bits per heavy atom. The van der Waals surface area contributed by atoms with Gasteiger partial charge in [0.25, 0.3) is 5.56 Å². The van der Waals surface area contributed by atoms with Crippen molar-refractivity contribution in [2.75, 3.05) is 0 Å². The Balaban J connectivity index is 1.99. The Bertz CT molecular complexity index is 1040. The number of ether oxygens (including phenoxy) is 2. The average molecular weight is 418 g/mol. The third kappa shape index (κ3) is 5.50. The predicted octanol–water partition coefficient (Wildman–Crippen LogP) is 3.21.